The lowest BCUT2D eigenvalue weighted by Crippen LogP contribution is -2.48. The van der Waals surface area contributed by atoms with Crippen LogP contribution in [-0.2, 0) is 9.53 Å². The lowest BCUT2D eigenvalue weighted by molar-refractivity contribution is -0.161. The lowest BCUT2D eigenvalue weighted by atomic mass is 9.62. The normalized spacial score (nSPS) is 19.2. The number of carbonyl (C=O) groups excluding carboxylic acids is 1. The highest BCUT2D eigenvalue weighted by Crippen LogP contribution is 2.50. The largest absolute Gasteiger partial charge is 0.469 e. The Balaban J connectivity index is 2.31. The fraction of sp³-hybridized carbons (Fsp3) is 0.500. The molecule has 1 aliphatic rings. The van der Waals surface area contributed by atoms with Crippen LogP contribution in [0.1, 0.15) is 30.9 Å². The monoisotopic (exact) mass is 233 g/mol. The first-order valence-corrected chi connectivity index (χ1v) is 6.05. The molecule has 0 bridgehead atoms. The third kappa shape index (κ3) is 1.95. The van der Waals surface area contributed by atoms with Gasteiger partial charge in [-0.05, 0) is 25.5 Å². The van der Waals surface area contributed by atoms with Gasteiger partial charge in [0.25, 0.3) is 0 Å². The number of methoxy groups -OCH3 is 1. The maximum atomic E-state index is 12.0. The quantitative estimate of drug-likeness (QED) is 0.811. The van der Waals surface area contributed by atoms with Gasteiger partial charge in [-0.25, -0.2) is 0 Å². The van der Waals surface area contributed by atoms with E-state index in [1.54, 1.807) is 0 Å². The summed E-state index contributed by atoms with van der Waals surface area (Å²) < 4.78 is 4.98. The number of ether oxygens (including phenoxy) is 1. The van der Waals surface area contributed by atoms with Crippen molar-refractivity contribution in [1.29, 1.82) is 0 Å². The maximum absolute atomic E-state index is 12.0. The number of esters is 1. The van der Waals surface area contributed by atoms with E-state index in [2.05, 4.69) is 17.4 Å². The van der Waals surface area contributed by atoms with Gasteiger partial charge in [0.1, 0.15) is 0 Å². The number of nitrogens with one attached hydrogen (secondary N) is 1. The van der Waals surface area contributed by atoms with Crippen molar-refractivity contribution >= 4 is 5.97 Å². The molecular formula is C14H19NO2. The molecule has 2 rings (SSSR count). The second-order valence-corrected chi connectivity index (χ2v) is 4.63. The molecule has 1 N–H and O–H groups in total. The first kappa shape index (κ1) is 12.1. The molecule has 1 aromatic rings. The van der Waals surface area contributed by atoms with E-state index in [-0.39, 0.29) is 17.4 Å². The van der Waals surface area contributed by atoms with E-state index in [0.717, 1.165) is 24.8 Å². The van der Waals surface area contributed by atoms with Crippen molar-refractivity contribution in [3.63, 3.8) is 0 Å². The summed E-state index contributed by atoms with van der Waals surface area (Å²) in [7, 11) is 3.38. The van der Waals surface area contributed by atoms with E-state index >= 15 is 0 Å². The number of carbonyl (C=O) groups is 1. The average Bonchev–Trinajstić information content (AvgIpc) is 2.33. The van der Waals surface area contributed by atoms with Crippen molar-refractivity contribution in [2.24, 2.45) is 5.41 Å². The smallest absolute Gasteiger partial charge is 0.313 e. The summed E-state index contributed by atoms with van der Waals surface area (Å²) in [6, 6.07) is 10.2. The van der Waals surface area contributed by atoms with E-state index in [1.807, 2.05) is 25.2 Å². The Hall–Kier alpha value is -1.35. The van der Waals surface area contributed by atoms with Crippen molar-refractivity contribution in [1.82, 2.24) is 5.32 Å². The molecular weight excluding hydrogens is 214 g/mol. The number of rotatable bonds is 4. The number of hydrogen-bond donors (Lipinski definition) is 1. The summed E-state index contributed by atoms with van der Waals surface area (Å²) >= 11 is 0. The molecule has 1 saturated carbocycles. The Bertz CT molecular complexity index is 384. The van der Waals surface area contributed by atoms with E-state index in [1.165, 1.54) is 7.11 Å². The van der Waals surface area contributed by atoms with Gasteiger partial charge in [0.15, 0.2) is 0 Å². The minimum Gasteiger partial charge on any atom is -0.469 e. The van der Waals surface area contributed by atoms with E-state index in [9.17, 15) is 4.79 Å². The fourth-order valence-electron chi connectivity index (χ4n) is 2.78. The van der Waals surface area contributed by atoms with E-state index < -0.39 is 0 Å². The van der Waals surface area contributed by atoms with Crippen LogP contribution >= 0.6 is 0 Å². The SMILES string of the molecule is CNC(c1ccccc1)C1(C(=O)OC)CCC1. The van der Waals surface area contributed by atoms with Crippen LogP contribution in [-0.4, -0.2) is 20.1 Å². The lowest BCUT2D eigenvalue weighted by Gasteiger charge is -2.45. The molecule has 1 fully saturated rings. The van der Waals surface area contributed by atoms with Gasteiger partial charge < -0.3 is 10.1 Å². The highest BCUT2D eigenvalue weighted by Gasteiger charge is 2.51. The fourth-order valence-corrected chi connectivity index (χ4v) is 2.78. The van der Waals surface area contributed by atoms with E-state index in [0.29, 0.717) is 0 Å². The standard InChI is InChI=1S/C14H19NO2/c1-15-12(11-7-4-3-5-8-11)14(9-6-10-14)13(16)17-2/h3-5,7-8,12,15H,6,9-10H2,1-2H3. The van der Waals surface area contributed by atoms with Crippen molar-refractivity contribution in [2.75, 3.05) is 14.2 Å². The third-order valence-corrected chi connectivity index (χ3v) is 3.81. The zero-order valence-electron chi connectivity index (χ0n) is 10.4. The van der Waals surface area contributed by atoms with Crippen LogP contribution in [0.25, 0.3) is 0 Å². The first-order valence-electron chi connectivity index (χ1n) is 6.05. The molecule has 0 radical (unpaired) electrons. The molecule has 17 heavy (non-hydrogen) atoms. The third-order valence-electron chi connectivity index (χ3n) is 3.81. The zero-order chi connectivity index (χ0) is 12.3. The van der Waals surface area contributed by atoms with Crippen molar-refractivity contribution in [2.45, 2.75) is 25.3 Å². The first-order chi connectivity index (χ1) is 8.24. The minimum atomic E-state index is -0.370. The van der Waals surface area contributed by atoms with Gasteiger partial charge in [-0.1, -0.05) is 36.8 Å². The summed E-state index contributed by atoms with van der Waals surface area (Å²) in [5.74, 6) is -0.0908. The van der Waals surface area contributed by atoms with Crippen LogP contribution in [0.2, 0.25) is 0 Å². The van der Waals surface area contributed by atoms with Crippen LogP contribution in [0, 0.1) is 5.41 Å². The van der Waals surface area contributed by atoms with Crippen LogP contribution in [0.15, 0.2) is 30.3 Å². The molecule has 0 spiro atoms. The topological polar surface area (TPSA) is 38.3 Å². The predicted molar refractivity (Wildman–Crippen MR) is 66.5 cm³/mol. The highest BCUT2D eigenvalue weighted by atomic mass is 16.5. The maximum Gasteiger partial charge on any atom is 0.313 e. The van der Waals surface area contributed by atoms with Gasteiger partial charge in [-0.2, -0.15) is 0 Å². The zero-order valence-corrected chi connectivity index (χ0v) is 10.4. The molecule has 3 heteroatoms. The van der Waals surface area contributed by atoms with Gasteiger partial charge >= 0.3 is 5.97 Å². The van der Waals surface area contributed by atoms with Crippen LogP contribution in [0.4, 0.5) is 0 Å². The summed E-state index contributed by atoms with van der Waals surface area (Å²) in [4.78, 5) is 12.0. The average molecular weight is 233 g/mol. The highest BCUT2D eigenvalue weighted by molar-refractivity contribution is 5.79. The van der Waals surface area contributed by atoms with Gasteiger partial charge in [-0.15, -0.1) is 0 Å². The molecule has 3 nitrogen and oxygen atoms in total. The Morgan fingerprint density at radius 1 is 1.35 bits per heavy atom. The second-order valence-electron chi connectivity index (χ2n) is 4.63. The Morgan fingerprint density at radius 3 is 2.41 bits per heavy atom. The molecule has 1 unspecified atom stereocenters. The second kappa shape index (κ2) is 4.88. The summed E-state index contributed by atoms with van der Waals surface area (Å²) in [5.41, 5.74) is 0.783. The Labute approximate surface area is 102 Å². The summed E-state index contributed by atoms with van der Waals surface area (Å²) in [5, 5.41) is 3.28. The minimum absolute atomic E-state index is 0.0462. The molecule has 1 aromatic carbocycles. The summed E-state index contributed by atoms with van der Waals surface area (Å²) in [6.45, 7) is 0. The molecule has 1 aliphatic carbocycles. The van der Waals surface area contributed by atoms with Crippen LogP contribution in [0.5, 0.6) is 0 Å². The summed E-state index contributed by atoms with van der Waals surface area (Å²) in [6.07, 6.45) is 2.90. The van der Waals surface area contributed by atoms with Crippen molar-refractivity contribution in [3.05, 3.63) is 35.9 Å². The molecule has 0 saturated heterocycles. The number of benzene rings is 1. The van der Waals surface area contributed by atoms with Gasteiger partial charge in [0, 0.05) is 6.04 Å². The molecule has 92 valence electrons. The Kier molecular flexibility index (Phi) is 3.48. The van der Waals surface area contributed by atoms with Gasteiger partial charge in [-0.3, -0.25) is 4.79 Å². The van der Waals surface area contributed by atoms with Crippen LogP contribution in [0.3, 0.4) is 0 Å². The van der Waals surface area contributed by atoms with Gasteiger partial charge in [0.2, 0.25) is 0 Å². The molecule has 0 heterocycles. The van der Waals surface area contributed by atoms with Crippen LogP contribution < -0.4 is 5.32 Å². The van der Waals surface area contributed by atoms with Crippen molar-refractivity contribution in [3.8, 4) is 0 Å². The molecule has 0 aliphatic heterocycles. The molecule has 1 atom stereocenters. The van der Waals surface area contributed by atoms with E-state index in [4.69, 9.17) is 4.74 Å². The molecule has 0 amide bonds. The number of hydrogen-bond acceptors (Lipinski definition) is 3. The van der Waals surface area contributed by atoms with Crippen molar-refractivity contribution < 1.29 is 9.53 Å². The van der Waals surface area contributed by atoms with Gasteiger partial charge in [0.05, 0.1) is 12.5 Å². The molecule has 0 aromatic heterocycles. The predicted octanol–water partition coefficient (Wildman–Crippen LogP) is 2.29. The Morgan fingerprint density at radius 2 is 2.00 bits per heavy atom.